The van der Waals surface area contributed by atoms with Crippen LogP contribution in [0.2, 0.25) is 0 Å². The van der Waals surface area contributed by atoms with Crippen LogP contribution < -0.4 is 18.9 Å². The van der Waals surface area contributed by atoms with E-state index >= 15 is 0 Å². The van der Waals surface area contributed by atoms with Crippen LogP contribution in [-0.2, 0) is 9.47 Å². The van der Waals surface area contributed by atoms with Crippen molar-refractivity contribution in [1.29, 1.82) is 0 Å². The number of esters is 2. The Balaban J connectivity index is 0.000000291. The number of hydrogen-bond donors (Lipinski definition) is 2. The molecule has 0 bridgehead atoms. The van der Waals surface area contributed by atoms with Gasteiger partial charge in [0, 0.05) is 44.5 Å². The molecule has 4 aromatic rings. The molecule has 0 aliphatic carbocycles. The zero-order valence-electron chi connectivity index (χ0n) is 33.3. The second kappa shape index (κ2) is 17.2. The van der Waals surface area contributed by atoms with E-state index in [1.807, 2.05) is 27.7 Å². The van der Waals surface area contributed by atoms with E-state index in [1.54, 1.807) is 54.0 Å². The number of aromatic carboxylic acids is 2. The minimum Gasteiger partial charge on any atom is -0.496 e. The molecule has 54 heavy (non-hydrogen) atoms. The maximum atomic E-state index is 12.6. The van der Waals surface area contributed by atoms with E-state index in [4.69, 9.17) is 28.4 Å². The van der Waals surface area contributed by atoms with Crippen LogP contribution in [0.5, 0.6) is 23.0 Å². The quantitative estimate of drug-likeness (QED) is 0.150. The first-order chi connectivity index (χ1) is 25.4. The number of carbonyl (C=O) groups excluding carboxylic acids is 2. The van der Waals surface area contributed by atoms with Gasteiger partial charge in [0.15, 0.2) is 0 Å². The highest BCUT2D eigenvalue weighted by Gasteiger charge is 2.29. The van der Waals surface area contributed by atoms with Gasteiger partial charge in [-0.15, -0.1) is 0 Å². The van der Waals surface area contributed by atoms with Gasteiger partial charge in [0.25, 0.3) is 0 Å². The number of methoxy groups -OCH3 is 6. The third-order valence-corrected chi connectivity index (χ3v) is 9.40. The molecular weight excluding hydrogens is 696 g/mol. The lowest BCUT2D eigenvalue weighted by Gasteiger charge is -2.22. The van der Waals surface area contributed by atoms with Gasteiger partial charge in [-0.3, -0.25) is 0 Å². The van der Waals surface area contributed by atoms with Gasteiger partial charge in [-0.2, -0.15) is 0 Å². The van der Waals surface area contributed by atoms with Crippen LogP contribution >= 0.6 is 0 Å². The van der Waals surface area contributed by atoms with E-state index in [1.165, 1.54) is 40.6 Å². The monoisotopic (exact) mass is 744 g/mol. The van der Waals surface area contributed by atoms with Crippen LogP contribution in [0.15, 0.2) is 24.3 Å². The summed E-state index contributed by atoms with van der Waals surface area (Å²) in [7, 11) is 8.79. The normalized spacial score (nSPS) is 10.5. The van der Waals surface area contributed by atoms with Gasteiger partial charge in [0.1, 0.15) is 23.0 Å². The molecule has 0 amide bonds. The Morgan fingerprint density at radius 2 is 0.593 bits per heavy atom. The first-order valence-electron chi connectivity index (χ1n) is 16.7. The lowest BCUT2D eigenvalue weighted by molar-refractivity contribution is 0.0589. The number of ether oxygens (including phenoxy) is 6. The second-order valence-electron chi connectivity index (χ2n) is 12.7. The summed E-state index contributed by atoms with van der Waals surface area (Å²) in [4.78, 5) is 49.0. The summed E-state index contributed by atoms with van der Waals surface area (Å²) in [5.74, 6) is -0.944. The predicted molar refractivity (Wildman–Crippen MR) is 204 cm³/mol. The summed E-state index contributed by atoms with van der Waals surface area (Å²) < 4.78 is 32.0. The van der Waals surface area contributed by atoms with Crippen LogP contribution in [0.25, 0.3) is 22.3 Å². The molecule has 0 spiro atoms. The fourth-order valence-corrected chi connectivity index (χ4v) is 7.29. The zero-order valence-corrected chi connectivity index (χ0v) is 33.3. The molecule has 0 heterocycles. The number of hydrogen-bond acceptors (Lipinski definition) is 10. The molecule has 0 atom stereocenters. The number of carbonyl (C=O) groups is 4. The Morgan fingerprint density at radius 3 is 0.778 bits per heavy atom. The Labute approximate surface area is 315 Å². The molecule has 4 rings (SSSR count). The average Bonchev–Trinajstić information content (AvgIpc) is 3.12. The van der Waals surface area contributed by atoms with Crippen LogP contribution in [-0.4, -0.2) is 76.7 Å². The highest BCUT2D eigenvalue weighted by atomic mass is 16.5. The van der Waals surface area contributed by atoms with Crippen molar-refractivity contribution in [1.82, 2.24) is 0 Å². The molecule has 0 fully saturated rings. The molecule has 0 aliphatic rings. The lowest BCUT2D eigenvalue weighted by Crippen LogP contribution is -2.12. The fourth-order valence-electron chi connectivity index (χ4n) is 7.29. The minimum absolute atomic E-state index is 0.0253. The number of benzene rings is 4. The van der Waals surface area contributed by atoms with E-state index < -0.39 is 23.9 Å². The molecular formula is C42H48O12. The molecule has 2 N–H and O–H groups in total. The van der Waals surface area contributed by atoms with E-state index in [0.29, 0.717) is 78.6 Å². The summed E-state index contributed by atoms with van der Waals surface area (Å²) in [6.07, 6.45) is 0. The van der Waals surface area contributed by atoms with Gasteiger partial charge in [-0.05, 0) is 102 Å². The van der Waals surface area contributed by atoms with E-state index in [-0.39, 0.29) is 11.1 Å². The number of carboxylic acids is 2. The van der Waals surface area contributed by atoms with Crippen LogP contribution in [0, 0.1) is 55.4 Å². The summed E-state index contributed by atoms with van der Waals surface area (Å²) in [6.45, 7) is 14.4. The first-order valence-corrected chi connectivity index (χ1v) is 16.7. The Morgan fingerprint density at radius 1 is 0.389 bits per heavy atom. The van der Waals surface area contributed by atoms with Crippen molar-refractivity contribution in [3.05, 3.63) is 91.0 Å². The number of aryl methyl sites for hydroxylation is 4. The van der Waals surface area contributed by atoms with Crippen molar-refractivity contribution in [2.75, 3.05) is 42.7 Å². The molecule has 0 saturated carbocycles. The smallest absolute Gasteiger partial charge is 0.338 e. The molecule has 0 unspecified atom stereocenters. The fraction of sp³-hybridized carbons (Fsp3) is 0.333. The average molecular weight is 745 g/mol. The van der Waals surface area contributed by atoms with E-state index in [0.717, 1.165) is 22.3 Å². The molecule has 4 aromatic carbocycles. The summed E-state index contributed by atoms with van der Waals surface area (Å²) >= 11 is 0. The minimum atomic E-state index is -1.14. The van der Waals surface area contributed by atoms with Crippen LogP contribution in [0.4, 0.5) is 0 Å². The van der Waals surface area contributed by atoms with Gasteiger partial charge in [-0.1, -0.05) is 0 Å². The lowest BCUT2D eigenvalue weighted by atomic mass is 9.85. The summed E-state index contributed by atoms with van der Waals surface area (Å²) in [6, 6.07) is 6.42. The highest BCUT2D eigenvalue weighted by molar-refractivity contribution is 6.07. The van der Waals surface area contributed by atoms with Crippen LogP contribution in [0.3, 0.4) is 0 Å². The molecule has 0 radical (unpaired) electrons. The molecule has 288 valence electrons. The van der Waals surface area contributed by atoms with Gasteiger partial charge < -0.3 is 38.6 Å². The summed E-state index contributed by atoms with van der Waals surface area (Å²) in [5.41, 5.74) is 8.02. The maximum absolute atomic E-state index is 12.6. The van der Waals surface area contributed by atoms with Crippen molar-refractivity contribution in [2.45, 2.75) is 55.4 Å². The maximum Gasteiger partial charge on any atom is 0.338 e. The van der Waals surface area contributed by atoms with Crippen molar-refractivity contribution in [2.24, 2.45) is 0 Å². The molecule has 12 heteroatoms. The number of carboxylic acid groups (broad SMARTS) is 2. The molecule has 0 aliphatic heterocycles. The summed E-state index contributed by atoms with van der Waals surface area (Å²) in [5, 5.41) is 19.4. The standard InChI is InChI=1S/C22H26O6.C20H22O6/c1-11-9-15(21(23)27-7)17(13(3)19(11)25-5)18-14(4)20(26-6)12(2)10-16(18)22(24)28-8;1-9-7-13(19(21)22)15(11(3)17(9)25-5)16-12(4)18(26-6)10(2)8-14(16)20(23)24/h9-10H,1-8H3;7-8H,1-6H3,(H,21,22)(H,23,24). The first kappa shape index (κ1) is 42.4. The zero-order chi connectivity index (χ0) is 40.9. The Hall–Kier alpha value is -6.04. The van der Waals surface area contributed by atoms with Crippen molar-refractivity contribution < 1.29 is 57.8 Å². The van der Waals surface area contributed by atoms with Gasteiger partial charge in [-0.25, -0.2) is 19.2 Å². The third-order valence-electron chi connectivity index (χ3n) is 9.40. The molecule has 12 nitrogen and oxygen atoms in total. The molecule has 0 aromatic heterocycles. The third kappa shape index (κ3) is 7.68. The van der Waals surface area contributed by atoms with Crippen molar-refractivity contribution >= 4 is 23.9 Å². The topological polar surface area (TPSA) is 164 Å². The molecule has 0 saturated heterocycles. The van der Waals surface area contributed by atoms with Crippen molar-refractivity contribution in [3.63, 3.8) is 0 Å². The Bertz CT molecular complexity index is 2010. The second-order valence-corrected chi connectivity index (χ2v) is 12.7. The number of rotatable bonds is 10. The van der Waals surface area contributed by atoms with E-state index in [2.05, 4.69) is 0 Å². The predicted octanol–water partition coefficient (Wildman–Crippen LogP) is 8.18. The van der Waals surface area contributed by atoms with E-state index in [9.17, 15) is 29.4 Å². The Kier molecular flexibility index (Phi) is 13.5. The van der Waals surface area contributed by atoms with Crippen LogP contribution in [0.1, 0.15) is 85.9 Å². The highest BCUT2D eigenvalue weighted by Crippen LogP contribution is 2.44. The van der Waals surface area contributed by atoms with Gasteiger partial charge in [0.2, 0.25) is 0 Å². The largest absolute Gasteiger partial charge is 0.496 e. The van der Waals surface area contributed by atoms with Gasteiger partial charge >= 0.3 is 23.9 Å². The van der Waals surface area contributed by atoms with Crippen molar-refractivity contribution in [3.8, 4) is 45.3 Å². The van der Waals surface area contributed by atoms with Gasteiger partial charge in [0.05, 0.1) is 64.9 Å². The SMILES string of the molecule is COC(=O)c1cc(C)c(OC)c(C)c1-c1c(C(=O)OC)cc(C)c(OC)c1C.COc1c(C)cc(C(=O)O)c(-c2c(C(=O)O)cc(C)c(OC)c2C)c1C.